The summed E-state index contributed by atoms with van der Waals surface area (Å²) in [6.45, 7) is 0.999. The highest BCUT2D eigenvalue weighted by Crippen LogP contribution is 2.31. The third-order valence-electron chi connectivity index (χ3n) is 3.67. The minimum Gasteiger partial charge on any atom is -0.309 e. The molecule has 19 heavy (non-hydrogen) atoms. The predicted octanol–water partition coefficient (Wildman–Crippen LogP) is 2.54. The average molecular weight is 273 g/mol. The van der Waals surface area contributed by atoms with E-state index in [0.29, 0.717) is 6.04 Å². The Morgan fingerprint density at radius 2 is 2.26 bits per heavy atom. The number of aromatic nitrogens is 2. The van der Waals surface area contributed by atoms with Gasteiger partial charge in [-0.15, -0.1) is 0 Å². The molecule has 100 valence electrons. The highest BCUT2D eigenvalue weighted by molar-refractivity contribution is 7.98. The molecule has 1 aromatic carbocycles. The van der Waals surface area contributed by atoms with Crippen molar-refractivity contribution in [2.24, 2.45) is 7.05 Å². The van der Waals surface area contributed by atoms with Crippen molar-refractivity contribution >= 4 is 11.8 Å². The Hall–Kier alpha value is -1.26. The molecule has 0 radical (unpaired) electrons. The molecule has 1 atom stereocenters. The Kier molecular flexibility index (Phi) is 3.89. The van der Waals surface area contributed by atoms with E-state index in [1.165, 1.54) is 22.6 Å². The first-order valence-corrected chi connectivity index (χ1v) is 7.86. The number of nitrogens with one attached hydrogen (secondary N) is 1. The van der Waals surface area contributed by atoms with Crippen LogP contribution in [0.5, 0.6) is 0 Å². The number of hydrogen-bond donors (Lipinski definition) is 1. The first-order valence-electron chi connectivity index (χ1n) is 6.70. The number of benzene rings is 1. The zero-order chi connectivity index (χ0) is 13.1. The number of rotatable bonds is 4. The number of hydrogen-bond acceptors (Lipinski definition) is 3. The Morgan fingerprint density at radius 3 is 3.11 bits per heavy atom. The van der Waals surface area contributed by atoms with Crippen molar-refractivity contribution in [1.82, 2.24) is 15.1 Å². The molecule has 2 heterocycles. The van der Waals surface area contributed by atoms with Gasteiger partial charge in [-0.05, 0) is 17.2 Å². The van der Waals surface area contributed by atoms with Crippen LogP contribution in [0.2, 0.25) is 0 Å². The van der Waals surface area contributed by atoms with E-state index in [1.807, 2.05) is 29.7 Å². The van der Waals surface area contributed by atoms with E-state index in [9.17, 15) is 0 Å². The van der Waals surface area contributed by atoms with Crippen molar-refractivity contribution in [2.45, 2.75) is 18.2 Å². The minimum absolute atomic E-state index is 0.489. The molecule has 0 bridgehead atoms. The lowest BCUT2D eigenvalue weighted by atomic mass is 10.0. The Labute approximate surface area is 118 Å². The van der Waals surface area contributed by atoms with Crippen molar-refractivity contribution in [3.8, 4) is 0 Å². The van der Waals surface area contributed by atoms with Crippen LogP contribution in [0.1, 0.15) is 22.9 Å². The van der Waals surface area contributed by atoms with Crippen LogP contribution in [0.3, 0.4) is 0 Å². The third-order valence-corrected chi connectivity index (χ3v) is 4.75. The number of fused-ring (bicyclic) bond motifs is 1. The molecule has 4 heteroatoms. The van der Waals surface area contributed by atoms with Gasteiger partial charge in [-0.25, -0.2) is 0 Å². The number of aryl methyl sites for hydroxylation is 1. The molecular weight excluding hydrogens is 254 g/mol. The molecule has 2 aromatic rings. The van der Waals surface area contributed by atoms with E-state index in [1.54, 1.807) is 0 Å². The van der Waals surface area contributed by atoms with E-state index >= 15 is 0 Å². The van der Waals surface area contributed by atoms with Crippen LogP contribution in [-0.2, 0) is 19.2 Å². The van der Waals surface area contributed by atoms with Crippen LogP contribution in [0, 0.1) is 0 Å². The molecule has 1 aliphatic heterocycles. The van der Waals surface area contributed by atoms with Gasteiger partial charge in [0.25, 0.3) is 0 Å². The van der Waals surface area contributed by atoms with E-state index in [0.717, 1.165) is 18.7 Å². The Morgan fingerprint density at radius 1 is 1.37 bits per heavy atom. The summed E-state index contributed by atoms with van der Waals surface area (Å²) in [5.41, 5.74) is 4.24. The predicted molar refractivity (Wildman–Crippen MR) is 80.3 cm³/mol. The van der Waals surface area contributed by atoms with Gasteiger partial charge in [-0.3, -0.25) is 4.68 Å². The third kappa shape index (κ3) is 2.85. The molecule has 0 aliphatic carbocycles. The van der Waals surface area contributed by atoms with Crippen LogP contribution in [0.15, 0.2) is 36.5 Å². The summed E-state index contributed by atoms with van der Waals surface area (Å²) < 4.78 is 1.95. The van der Waals surface area contributed by atoms with Crippen LogP contribution in [0.4, 0.5) is 0 Å². The van der Waals surface area contributed by atoms with Gasteiger partial charge in [-0.1, -0.05) is 24.3 Å². The Balaban J connectivity index is 1.61. The molecule has 0 spiro atoms. The summed E-state index contributed by atoms with van der Waals surface area (Å²) in [5.74, 6) is 2.32. The minimum atomic E-state index is 0.489. The van der Waals surface area contributed by atoms with Gasteiger partial charge in [0.2, 0.25) is 0 Å². The van der Waals surface area contributed by atoms with Gasteiger partial charge in [-0.2, -0.15) is 16.9 Å². The van der Waals surface area contributed by atoms with Crippen LogP contribution < -0.4 is 5.32 Å². The molecule has 3 rings (SSSR count). The molecule has 1 N–H and O–H groups in total. The summed E-state index contributed by atoms with van der Waals surface area (Å²) in [7, 11) is 2.00. The zero-order valence-electron chi connectivity index (χ0n) is 11.2. The summed E-state index contributed by atoms with van der Waals surface area (Å²) in [4.78, 5) is 0. The second-order valence-corrected chi connectivity index (χ2v) is 5.95. The normalized spacial score (nSPS) is 18.3. The van der Waals surface area contributed by atoms with Crippen molar-refractivity contribution in [1.29, 1.82) is 0 Å². The van der Waals surface area contributed by atoms with Crippen molar-refractivity contribution in [2.75, 3.05) is 12.3 Å². The van der Waals surface area contributed by atoms with Gasteiger partial charge in [0.15, 0.2) is 0 Å². The molecule has 1 aliphatic rings. The first kappa shape index (κ1) is 12.8. The van der Waals surface area contributed by atoms with Gasteiger partial charge in [0, 0.05) is 49.5 Å². The van der Waals surface area contributed by atoms with Gasteiger partial charge >= 0.3 is 0 Å². The van der Waals surface area contributed by atoms with Gasteiger partial charge in [0.05, 0.1) is 0 Å². The summed E-state index contributed by atoms with van der Waals surface area (Å²) in [5, 5.41) is 7.88. The van der Waals surface area contributed by atoms with Gasteiger partial charge in [0.1, 0.15) is 0 Å². The topological polar surface area (TPSA) is 29.9 Å². The smallest absolute Gasteiger partial charge is 0.0492 e. The lowest BCUT2D eigenvalue weighted by Gasteiger charge is -2.26. The molecule has 0 saturated carbocycles. The van der Waals surface area contributed by atoms with Crippen LogP contribution in [-0.4, -0.2) is 22.1 Å². The maximum absolute atomic E-state index is 4.20. The van der Waals surface area contributed by atoms with Crippen LogP contribution in [0.25, 0.3) is 0 Å². The molecule has 1 unspecified atom stereocenters. The lowest BCUT2D eigenvalue weighted by molar-refractivity contribution is 0.564. The lowest BCUT2D eigenvalue weighted by Crippen LogP contribution is -2.28. The molecule has 1 aromatic heterocycles. The first-order chi connectivity index (χ1) is 9.34. The second-order valence-electron chi connectivity index (χ2n) is 4.92. The Bertz CT molecular complexity index is 550. The average Bonchev–Trinajstić information content (AvgIpc) is 2.85. The molecule has 3 nitrogen and oxygen atoms in total. The standard InChI is InChI=1S/C15H19N3S/c1-18-13(7-9-17-18)6-8-16-15-11-19-10-12-4-2-3-5-14(12)15/h2-5,7,9,15-16H,6,8,10-11H2,1H3. The molecule has 0 fully saturated rings. The molecular formula is C15H19N3S. The highest BCUT2D eigenvalue weighted by Gasteiger charge is 2.19. The number of thioether (sulfide) groups is 1. The summed E-state index contributed by atoms with van der Waals surface area (Å²) >= 11 is 2.02. The quantitative estimate of drug-likeness (QED) is 0.928. The van der Waals surface area contributed by atoms with E-state index in [-0.39, 0.29) is 0 Å². The maximum Gasteiger partial charge on any atom is 0.0492 e. The highest BCUT2D eigenvalue weighted by atomic mass is 32.2. The SMILES string of the molecule is Cn1nccc1CCNC1CSCc2ccccc21. The fraction of sp³-hybridized carbons (Fsp3) is 0.400. The largest absolute Gasteiger partial charge is 0.309 e. The fourth-order valence-corrected chi connectivity index (χ4v) is 3.71. The van der Waals surface area contributed by atoms with Crippen molar-refractivity contribution in [3.63, 3.8) is 0 Å². The van der Waals surface area contributed by atoms with E-state index in [2.05, 4.69) is 40.7 Å². The second kappa shape index (κ2) is 5.80. The molecule has 0 amide bonds. The van der Waals surface area contributed by atoms with Gasteiger partial charge < -0.3 is 5.32 Å². The van der Waals surface area contributed by atoms with Crippen molar-refractivity contribution in [3.05, 3.63) is 53.3 Å². The zero-order valence-corrected chi connectivity index (χ0v) is 12.0. The monoisotopic (exact) mass is 273 g/mol. The maximum atomic E-state index is 4.20. The molecule has 0 saturated heterocycles. The van der Waals surface area contributed by atoms with Crippen molar-refractivity contribution < 1.29 is 0 Å². The summed E-state index contributed by atoms with van der Waals surface area (Å²) in [6.07, 6.45) is 2.89. The number of nitrogens with zero attached hydrogens (tertiary/aromatic N) is 2. The van der Waals surface area contributed by atoms with E-state index in [4.69, 9.17) is 0 Å². The van der Waals surface area contributed by atoms with Crippen LogP contribution >= 0.6 is 11.8 Å². The van der Waals surface area contributed by atoms with E-state index < -0.39 is 0 Å². The summed E-state index contributed by atoms with van der Waals surface area (Å²) in [6, 6.07) is 11.4. The fourth-order valence-electron chi connectivity index (χ4n) is 2.57.